The summed E-state index contributed by atoms with van der Waals surface area (Å²) in [6.45, 7) is 18.6. The van der Waals surface area contributed by atoms with Crippen LogP contribution in [0.15, 0.2) is 65.4 Å². The van der Waals surface area contributed by atoms with E-state index in [9.17, 15) is 9.18 Å². The molecule has 0 spiro atoms. The molecule has 0 saturated heterocycles. The van der Waals surface area contributed by atoms with Crippen LogP contribution in [-0.4, -0.2) is 16.7 Å². The van der Waals surface area contributed by atoms with Crippen LogP contribution in [0.5, 0.6) is 0 Å². The Kier molecular flexibility index (Phi) is 11.6. The molecular formula is C22H31FN4O2. The van der Waals surface area contributed by atoms with E-state index in [-0.39, 0.29) is 29.3 Å². The van der Waals surface area contributed by atoms with Gasteiger partial charge in [0.2, 0.25) is 5.95 Å². The fourth-order valence-electron chi connectivity index (χ4n) is 1.98. The number of aryl methyl sites for hydroxylation is 1. The zero-order valence-corrected chi connectivity index (χ0v) is 18.1. The second kappa shape index (κ2) is 13.0. The molecule has 0 atom stereocenters. The van der Waals surface area contributed by atoms with Crippen LogP contribution in [0.3, 0.4) is 0 Å². The van der Waals surface area contributed by atoms with E-state index in [4.69, 9.17) is 10.5 Å². The minimum absolute atomic E-state index is 0.0434. The van der Waals surface area contributed by atoms with Gasteiger partial charge in [0.05, 0.1) is 11.8 Å². The average molecular weight is 403 g/mol. The summed E-state index contributed by atoms with van der Waals surface area (Å²) in [5.74, 6) is -1.00. The van der Waals surface area contributed by atoms with Crippen molar-refractivity contribution in [1.29, 1.82) is 0 Å². The van der Waals surface area contributed by atoms with E-state index in [1.54, 1.807) is 26.0 Å². The lowest BCUT2D eigenvalue weighted by Crippen LogP contribution is -2.31. The number of rotatable bonds is 8. The molecule has 0 aliphatic carbocycles. The highest BCUT2D eigenvalue weighted by atomic mass is 19.1. The molecule has 0 aliphatic heterocycles. The van der Waals surface area contributed by atoms with Crippen molar-refractivity contribution < 1.29 is 13.9 Å². The predicted octanol–water partition coefficient (Wildman–Crippen LogP) is 4.44. The SMILES string of the molecule is C=C(O/C=C\C)C(N=C(N)C(=C)C(=O)NCc1cc(C)cnc1F)=C(C)C.CC. The lowest BCUT2D eigenvalue weighted by molar-refractivity contribution is -0.117. The second-order valence-corrected chi connectivity index (χ2v) is 5.98. The van der Waals surface area contributed by atoms with Gasteiger partial charge >= 0.3 is 0 Å². The summed E-state index contributed by atoms with van der Waals surface area (Å²) in [4.78, 5) is 20.1. The Hall–Kier alpha value is -3.22. The Bertz CT molecular complexity index is 835. The summed E-state index contributed by atoms with van der Waals surface area (Å²) in [5.41, 5.74) is 8.12. The molecule has 1 rings (SSSR count). The number of pyridine rings is 1. The number of carbonyl (C=O) groups excluding carboxylic acids is 1. The molecule has 0 saturated carbocycles. The molecule has 0 aromatic carbocycles. The number of aliphatic imine (C=N–C) groups is 1. The first-order valence-electron chi connectivity index (χ1n) is 9.24. The number of amidine groups is 1. The van der Waals surface area contributed by atoms with Crippen molar-refractivity contribution in [2.75, 3.05) is 0 Å². The van der Waals surface area contributed by atoms with Crippen LogP contribution in [0.4, 0.5) is 4.39 Å². The Morgan fingerprint density at radius 3 is 2.55 bits per heavy atom. The van der Waals surface area contributed by atoms with Gasteiger partial charge in [-0.1, -0.05) is 33.1 Å². The number of aromatic nitrogens is 1. The molecule has 0 unspecified atom stereocenters. The number of hydrogen-bond donors (Lipinski definition) is 2. The molecule has 0 radical (unpaired) electrons. The van der Waals surface area contributed by atoms with Gasteiger partial charge in [-0.2, -0.15) is 4.39 Å². The maximum Gasteiger partial charge on any atom is 0.254 e. The van der Waals surface area contributed by atoms with E-state index in [0.717, 1.165) is 11.1 Å². The van der Waals surface area contributed by atoms with Crippen molar-refractivity contribution in [3.63, 3.8) is 0 Å². The Morgan fingerprint density at radius 2 is 2.00 bits per heavy atom. The predicted molar refractivity (Wildman–Crippen MR) is 116 cm³/mol. The number of nitrogens with one attached hydrogen (secondary N) is 1. The molecule has 0 fully saturated rings. The summed E-state index contributed by atoms with van der Waals surface area (Å²) in [7, 11) is 0. The molecule has 158 valence electrons. The zero-order valence-electron chi connectivity index (χ0n) is 18.1. The average Bonchev–Trinajstić information content (AvgIpc) is 2.70. The number of allylic oxidation sites excluding steroid dienone is 2. The molecular weight excluding hydrogens is 371 g/mol. The van der Waals surface area contributed by atoms with E-state index in [1.807, 2.05) is 27.7 Å². The van der Waals surface area contributed by atoms with E-state index in [2.05, 4.69) is 28.5 Å². The van der Waals surface area contributed by atoms with Gasteiger partial charge in [0.1, 0.15) is 17.3 Å². The molecule has 1 heterocycles. The molecule has 0 bridgehead atoms. The van der Waals surface area contributed by atoms with E-state index in [1.165, 1.54) is 12.5 Å². The van der Waals surface area contributed by atoms with Gasteiger partial charge in [0, 0.05) is 18.3 Å². The third kappa shape index (κ3) is 8.55. The van der Waals surface area contributed by atoms with Gasteiger partial charge in [-0.05, 0) is 44.9 Å². The van der Waals surface area contributed by atoms with Crippen LogP contribution in [0.1, 0.15) is 45.7 Å². The van der Waals surface area contributed by atoms with Gasteiger partial charge in [0.25, 0.3) is 5.91 Å². The fraction of sp³-hybridized carbons (Fsp3) is 0.318. The first kappa shape index (κ1) is 25.8. The number of ether oxygens (including phenoxy) is 1. The van der Waals surface area contributed by atoms with Crippen LogP contribution in [0.25, 0.3) is 0 Å². The number of nitrogens with zero attached hydrogens (tertiary/aromatic N) is 2. The first-order valence-corrected chi connectivity index (χ1v) is 9.24. The van der Waals surface area contributed by atoms with Gasteiger partial charge in [0.15, 0.2) is 0 Å². The summed E-state index contributed by atoms with van der Waals surface area (Å²) < 4.78 is 19.0. The third-order valence-electron chi connectivity index (χ3n) is 3.39. The quantitative estimate of drug-likeness (QED) is 0.168. The molecule has 1 aromatic heterocycles. The summed E-state index contributed by atoms with van der Waals surface area (Å²) in [6.07, 6.45) is 4.57. The first-order chi connectivity index (χ1) is 13.7. The number of amides is 1. The molecule has 7 heteroatoms. The molecule has 29 heavy (non-hydrogen) atoms. The third-order valence-corrected chi connectivity index (χ3v) is 3.39. The van der Waals surface area contributed by atoms with Crippen LogP contribution in [-0.2, 0) is 16.1 Å². The largest absolute Gasteiger partial charge is 0.464 e. The molecule has 1 aromatic rings. The molecule has 1 amide bonds. The second-order valence-electron chi connectivity index (χ2n) is 5.98. The van der Waals surface area contributed by atoms with Crippen molar-refractivity contribution in [2.24, 2.45) is 10.7 Å². The van der Waals surface area contributed by atoms with Gasteiger partial charge in [-0.3, -0.25) is 4.79 Å². The Morgan fingerprint density at radius 1 is 1.38 bits per heavy atom. The van der Waals surface area contributed by atoms with Gasteiger partial charge < -0.3 is 15.8 Å². The summed E-state index contributed by atoms with van der Waals surface area (Å²) in [5, 5.41) is 2.55. The van der Waals surface area contributed by atoms with Crippen LogP contribution >= 0.6 is 0 Å². The lowest BCUT2D eigenvalue weighted by Gasteiger charge is -2.11. The highest BCUT2D eigenvalue weighted by molar-refractivity contribution is 6.19. The highest BCUT2D eigenvalue weighted by Crippen LogP contribution is 2.17. The van der Waals surface area contributed by atoms with Crippen molar-refractivity contribution in [1.82, 2.24) is 10.3 Å². The monoisotopic (exact) mass is 402 g/mol. The minimum Gasteiger partial charge on any atom is -0.464 e. The van der Waals surface area contributed by atoms with E-state index >= 15 is 0 Å². The van der Waals surface area contributed by atoms with Crippen LogP contribution < -0.4 is 11.1 Å². The Labute approximate surface area is 172 Å². The minimum atomic E-state index is -0.641. The normalized spacial score (nSPS) is 10.7. The highest BCUT2D eigenvalue weighted by Gasteiger charge is 2.14. The van der Waals surface area contributed by atoms with Crippen molar-refractivity contribution in [3.05, 3.63) is 77.4 Å². The van der Waals surface area contributed by atoms with Gasteiger partial charge in [-0.25, -0.2) is 9.98 Å². The van der Waals surface area contributed by atoms with E-state index in [0.29, 0.717) is 5.70 Å². The van der Waals surface area contributed by atoms with Crippen molar-refractivity contribution >= 4 is 11.7 Å². The molecule has 0 aliphatic rings. The number of hydrogen-bond acceptors (Lipinski definition) is 4. The lowest BCUT2D eigenvalue weighted by atomic mass is 10.2. The van der Waals surface area contributed by atoms with Gasteiger partial charge in [-0.15, -0.1) is 0 Å². The van der Waals surface area contributed by atoms with Crippen LogP contribution in [0, 0.1) is 12.9 Å². The summed E-state index contributed by atoms with van der Waals surface area (Å²) in [6, 6.07) is 1.60. The number of carbonyl (C=O) groups is 1. The zero-order chi connectivity index (χ0) is 22.6. The topological polar surface area (TPSA) is 89.6 Å². The number of nitrogens with two attached hydrogens (primary N) is 1. The van der Waals surface area contributed by atoms with E-state index < -0.39 is 11.9 Å². The Balaban J connectivity index is 0.00000379. The van der Waals surface area contributed by atoms with Crippen molar-refractivity contribution in [2.45, 2.75) is 48.1 Å². The molecule has 3 N–H and O–H groups in total. The maximum absolute atomic E-state index is 13.7. The smallest absolute Gasteiger partial charge is 0.254 e. The fourth-order valence-corrected chi connectivity index (χ4v) is 1.98. The maximum atomic E-state index is 13.7. The summed E-state index contributed by atoms with van der Waals surface area (Å²) >= 11 is 0. The standard InChI is InChI=1S/C20H25FN4O2.C2H6/c1-7-8-27-15(6)17(12(2)3)25-19(22)14(5)20(26)24-11-16-9-13(4)10-23-18(16)21;1-2/h7-10H,5-6,11H2,1-4H3,(H2,22,25)(H,24,26);1-2H3/b8-7-;. The van der Waals surface area contributed by atoms with Crippen LogP contribution in [0.2, 0.25) is 0 Å². The van der Waals surface area contributed by atoms with Crippen molar-refractivity contribution in [3.8, 4) is 0 Å². The number of halogens is 1. The molecule has 6 nitrogen and oxygen atoms in total.